The Labute approximate surface area is 249 Å². The van der Waals surface area contributed by atoms with E-state index in [0.717, 1.165) is 22.0 Å². The van der Waals surface area contributed by atoms with Crippen molar-refractivity contribution in [3.8, 4) is 11.1 Å². The lowest BCUT2D eigenvalue weighted by atomic mass is 9.88. The number of hydrogen-bond donors (Lipinski definition) is 2. The molecule has 3 aromatic rings. The molecule has 230 valence electrons. The van der Waals surface area contributed by atoms with E-state index in [-0.39, 0.29) is 42.1 Å². The van der Waals surface area contributed by atoms with Crippen molar-refractivity contribution in [2.75, 3.05) is 19.8 Å². The fourth-order valence-corrected chi connectivity index (χ4v) is 7.04. The van der Waals surface area contributed by atoms with E-state index in [1.54, 1.807) is 49.0 Å². The summed E-state index contributed by atoms with van der Waals surface area (Å²) in [4.78, 5) is 29.5. The van der Waals surface area contributed by atoms with Crippen LogP contribution in [0, 0.1) is 24.1 Å². The number of aryl methyl sites for hydroxylation is 1. The SMILES string of the molecule is Cc1nccn1Cc1ccc(-c2cc(CC(C)C)sc2S(=O)(=O)NC(=O)OCCOC(=O)C(C)(C)CCCO)cc1F. The van der Waals surface area contributed by atoms with E-state index in [4.69, 9.17) is 14.6 Å². The van der Waals surface area contributed by atoms with Crippen LogP contribution < -0.4 is 4.72 Å². The lowest BCUT2D eigenvalue weighted by molar-refractivity contribution is -0.155. The lowest BCUT2D eigenvalue weighted by Gasteiger charge is -2.21. The number of halogens is 1. The van der Waals surface area contributed by atoms with Crippen LogP contribution in [0.15, 0.2) is 40.9 Å². The number of carbonyl (C=O) groups excluding carboxylic acids is 2. The zero-order valence-electron chi connectivity index (χ0n) is 24.5. The van der Waals surface area contributed by atoms with Gasteiger partial charge in [-0.25, -0.2) is 27.3 Å². The highest BCUT2D eigenvalue weighted by Crippen LogP contribution is 2.37. The monoisotopic (exact) mass is 623 g/mol. The number of imidazole rings is 1. The molecule has 10 nitrogen and oxygen atoms in total. The molecule has 2 aromatic heterocycles. The number of rotatable bonds is 14. The molecule has 1 amide bonds. The number of carbonyl (C=O) groups is 2. The van der Waals surface area contributed by atoms with Gasteiger partial charge < -0.3 is 19.1 Å². The van der Waals surface area contributed by atoms with Gasteiger partial charge >= 0.3 is 12.1 Å². The maximum Gasteiger partial charge on any atom is 0.421 e. The molecule has 0 bridgehead atoms. The lowest BCUT2D eigenvalue weighted by Crippen LogP contribution is -2.32. The second kappa shape index (κ2) is 14.3. The molecule has 13 heteroatoms. The first-order valence-corrected chi connectivity index (χ1v) is 15.9. The number of ether oxygens (including phenoxy) is 2. The Morgan fingerprint density at radius 1 is 1.19 bits per heavy atom. The van der Waals surface area contributed by atoms with E-state index < -0.39 is 33.3 Å². The molecule has 0 aliphatic carbocycles. The minimum atomic E-state index is -4.38. The van der Waals surface area contributed by atoms with Gasteiger partial charge in [0.25, 0.3) is 10.0 Å². The Hall–Kier alpha value is -3.29. The van der Waals surface area contributed by atoms with Crippen LogP contribution >= 0.6 is 11.3 Å². The van der Waals surface area contributed by atoms with Crippen molar-refractivity contribution in [3.63, 3.8) is 0 Å². The second-order valence-electron chi connectivity index (χ2n) is 11.0. The van der Waals surface area contributed by atoms with E-state index in [2.05, 4.69) is 4.98 Å². The van der Waals surface area contributed by atoms with Gasteiger partial charge in [-0.05, 0) is 63.6 Å². The number of aliphatic hydroxyl groups is 1. The summed E-state index contributed by atoms with van der Waals surface area (Å²) in [6, 6.07) is 6.25. The van der Waals surface area contributed by atoms with Crippen LogP contribution in [0.4, 0.5) is 9.18 Å². The van der Waals surface area contributed by atoms with Crippen LogP contribution in [0.3, 0.4) is 0 Å². The molecule has 0 aliphatic heterocycles. The molecule has 2 N–H and O–H groups in total. The second-order valence-corrected chi connectivity index (χ2v) is 14.0. The highest BCUT2D eigenvalue weighted by Gasteiger charge is 2.29. The standard InChI is InChI=1S/C29H38FN3O7S2/c1-19(2)15-23-17-24(21-7-8-22(25(30)16-21)18-33-11-10-31-20(33)3)26(41-23)42(37,38)32-28(36)40-14-13-39-27(35)29(4,5)9-6-12-34/h7-8,10-11,16-17,19,34H,6,9,12-15,18H2,1-5H3,(H,32,36). The Bertz CT molecular complexity index is 1500. The highest BCUT2D eigenvalue weighted by molar-refractivity contribution is 7.92. The van der Waals surface area contributed by atoms with Crippen LogP contribution in [-0.2, 0) is 37.3 Å². The van der Waals surface area contributed by atoms with Gasteiger partial charge in [0.2, 0.25) is 0 Å². The van der Waals surface area contributed by atoms with Crippen LogP contribution in [-0.4, -0.2) is 55.0 Å². The van der Waals surface area contributed by atoms with Gasteiger partial charge in [0.15, 0.2) is 0 Å². The Morgan fingerprint density at radius 2 is 1.90 bits per heavy atom. The molecular formula is C29H38FN3O7S2. The first-order valence-electron chi connectivity index (χ1n) is 13.6. The number of hydrogen-bond acceptors (Lipinski definition) is 9. The van der Waals surface area contributed by atoms with Gasteiger partial charge in [-0.1, -0.05) is 26.0 Å². The van der Waals surface area contributed by atoms with Crippen molar-refractivity contribution >= 4 is 33.4 Å². The Balaban J connectivity index is 1.73. The van der Waals surface area contributed by atoms with E-state index in [9.17, 15) is 18.0 Å². The predicted octanol–water partition coefficient (Wildman–Crippen LogP) is 5.06. The molecule has 0 radical (unpaired) electrons. The molecule has 0 atom stereocenters. The predicted molar refractivity (Wildman–Crippen MR) is 157 cm³/mol. The zero-order chi connectivity index (χ0) is 31.1. The van der Waals surface area contributed by atoms with Crippen molar-refractivity contribution < 1.29 is 37.0 Å². The summed E-state index contributed by atoms with van der Waals surface area (Å²) in [5, 5.41) is 8.97. The number of aromatic nitrogens is 2. The topological polar surface area (TPSA) is 137 Å². The molecule has 1 aromatic carbocycles. The number of esters is 1. The fourth-order valence-electron chi connectivity index (χ4n) is 4.20. The molecule has 0 fully saturated rings. The van der Waals surface area contributed by atoms with E-state index in [1.165, 1.54) is 6.07 Å². The third kappa shape index (κ3) is 8.85. The van der Waals surface area contributed by atoms with Crippen molar-refractivity contribution in [3.05, 3.63) is 58.7 Å². The third-order valence-corrected chi connectivity index (χ3v) is 9.51. The molecule has 0 unspecified atom stereocenters. The molecule has 0 saturated heterocycles. The van der Waals surface area contributed by atoms with Gasteiger partial charge in [0, 0.05) is 35.0 Å². The molecule has 42 heavy (non-hydrogen) atoms. The average Bonchev–Trinajstić information content (AvgIpc) is 3.52. The fraction of sp³-hybridized carbons (Fsp3) is 0.483. The minimum Gasteiger partial charge on any atom is -0.462 e. The number of benzene rings is 1. The summed E-state index contributed by atoms with van der Waals surface area (Å²) in [5.41, 5.74) is 0.225. The third-order valence-electron chi connectivity index (χ3n) is 6.51. The first kappa shape index (κ1) is 33.2. The van der Waals surface area contributed by atoms with Crippen LogP contribution in [0.25, 0.3) is 11.1 Å². The molecule has 0 saturated carbocycles. The minimum absolute atomic E-state index is 0.0500. The van der Waals surface area contributed by atoms with Gasteiger partial charge in [0.05, 0.1) is 12.0 Å². The Morgan fingerprint density at radius 3 is 2.52 bits per heavy atom. The molecular weight excluding hydrogens is 585 g/mol. The molecule has 3 rings (SSSR count). The summed E-state index contributed by atoms with van der Waals surface area (Å²) in [6.45, 7) is 8.77. The van der Waals surface area contributed by atoms with Gasteiger partial charge in [-0.2, -0.15) is 0 Å². The highest BCUT2D eigenvalue weighted by atomic mass is 32.2. The van der Waals surface area contributed by atoms with Gasteiger partial charge in [-0.15, -0.1) is 11.3 Å². The maximum absolute atomic E-state index is 15.2. The van der Waals surface area contributed by atoms with Crippen LogP contribution in [0.5, 0.6) is 0 Å². The zero-order valence-corrected chi connectivity index (χ0v) is 26.1. The maximum atomic E-state index is 15.2. The number of aliphatic hydroxyl groups excluding tert-OH is 1. The van der Waals surface area contributed by atoms with Gasteiger partial charge in [0.1, 0.15) is 29.1 Å². The normalized spacial score (nSPS) is 12.0. The van der Waals surface area contributed by atoms with Crippen molar-refractivity contribution in [1.82, 2.24) is 14.3 Å². The number of sulfonamides is 1. The number of amides is 1. The van der Waals surface area contributed by atoms with Crippen LogP contribution in [0.1, 0.15) is 56.8 Å². The Kier molecular flexibility index (Phi) is 11.3. The van der Waals surface area contributed by atoms with Gasteiger partial charge in [-0.3, -0.25) is 4.79 Å². The van der Waals surface area contributed by atoms with Crippen LogP contribution in [0.2, 0.25) is 0 Å². The summed E-state index contributed by atoms with van der Waals surface area (Å²) in [6.07, 6.45) is 3.60. The van der Waals surface area contributed by atoms with Crippen molar-refractivity contribution in [2.24, 2.45) is 11.3 Å². The quantitative estimate of drug-likeness (QED) is 0.188. The van der Waals surface area contributed by atoms with Crippen molar-refractivity contribution in [2.45, 2.75) is 64.6 Å². The van der Waals surface area contributed by atoms with E-state index in [0.29, 0.717) is 30.4 Å². The molecule has 2 heterocycles. The largest absolute Gasteiger partial charge is 0.462 e. The summed E-state index contributed by atoms with van der Waals surface area (Å²) < 4.78 is 55.4. The summed E-state index contributed by atoms with van der Waals surface area (Å²) >= 11 is 1.01. The smallest absolute Gasteiger partial charge is 0.421 e. The molecule has 0 spiro atoms. The van der Waals surface area contributed by atoms with E-state index in [1.807, 2.05) is 25.5 Å². The summed E-state index contributed by atoms with van der Waals surface area (Å²) in [7, 11) is -4.38. The number of nitrogens with zero attached hydrogens (tertiary/aromatic N) is 2. The first-order chi connectivity index (χ1) is 19.7. The summed E-state index contributed by atoms with van der Waals surface area (Å²) in [5.74, 6) is -0.0474. The van der Waals surface area contributed by atoms with Crippen molar-refractivity contribution in [1.29, 1.82) is 0 Å². The van der Waals surface area contributed by atoms with E-state index >= 15 is 4.39 Å². The number of thiophene rings is 1. The molecule has 0 aliphatic rings. The number of nitrogens with one attached hydrogen (secondary N) is 1. The average molecular weight is 624 g/mol.